The van der Waals surface area contributed by atoms with Gasteiger partial charge in [0.25, 0.3) is 5.56 Å². The molecule has 0 spiro atoms. The number of nitrogens with one attached hydrogen (secondary N) is 1. The molecule has 0 unspecified atom stereocenters. The van der Waals surface area contributed by atoms with Crippen LogP contribution >= 0.6 is 23.2 Å². The van der Waals surface area contributed by atoms with Crippen LogP contribution in [0, 0.1) is 18.3 Å². The number of nitrogens with zero attached hydrogens (tertiary/aromatic N) is 5. The molecule has 2 aromatic carbocycles. The summed E-state index contributed by atoms with van der Waals surface area (Å²) in [5.41, 5.74) is 0.913. The van der Waals surface area contributed by atoms with E-state index < -0.39 is 16.9 Å². The molecule has 2 aromatic heterocycles. The van der Waals surface area contributed by atoms with Crippen LogP contribution in [0.5, 0.6) is 11.5 Å². The molecule has 0 bridgehead atoms. The molecule has 1 fully saturated rings. The molecule has 1 aliphatic rings. The van der Waals surface area contributed by atoms with E-state index in [0.29, 0.717) is 5.75 Å². The van der Waals surface area contributed by atoms with Gasteiger partial charge in [0.15, 0.2) is 5.75 Å². The Morgan fingerprint density at radius 3 is 2.49 bits per heavy atom. The summed E-state index contributed by atoms with van der Waals surface area (Å²) >= 11 is 12.9. The third-order valence-electron chi connectivity index (χ3n) is 5.71. The maximum absolute atomic E-state index is 12.2. The van der Waals surface area contributed by atoms with Crippen molar-refractivity contribution in [3.63, 3.8) is 0 Å². The molecule has 0 aliphatic carbocycles. The Bertz CT molecular complexity index is 1610. The summed E-state index contributed by atoms with van der Waals surface area (Å²) in [5.74, 6) is 0.712. The van der Waals surface area contributed by atoms with E-state index in [0.717, 1.165) is 52.9 Å². The predicted octanol–water partition coefficient (Wildman–Crippen LogP) is 4.35. The highest BCUT2D eigenvalue weighted by atomic mass is 35.5. The number of anilines is 1. The number of fused-ring (bicyclic) bond motifs is 1. The van der Waals surface area contributed by atoms with Crippen LogP contribution in [-0.2, 0) is 0 Å². The van der Waals surface area contributed by atoms with Crippen molar-refractivity contribution in [3.8, 4) is 23.3 Å². The summed E-state index contributed by atoms with van der Waals surface area (Å²) in [6, 6.07) is 12.1. The first-order chi connectivity index (χ1) is 16.8. The van der Waals surface area contributed by atoms with E-state index >= 15 is 0 Å². The van der Waals surface area contributed by atoms with E-state index in [4.69, 9.17) is 33.2 Å². The van der Waals surface area contributed by atoms with E-state index in [-0.39, 0.29) is 21.5 Å². The smallest absolute Gasteiger partial charge is 0.349 e. The lowest BCUT2D eigenvalue weighted by molar-refractivity contribution is 0.483. The zero-order valence-electron chi connectivity index (χ0n) is 18.5. The highest BCUT2D eigenvalue weighted by molar-refractivity contribution is 6.37. The van der Waals surface area contributed by atoms with Crippen LogP contribution in [0.15, 0.2) is 46.0 Å². The Morgan fingerprint density at radius 2 is 1.80 bits per heavy atom. The molecule has 3 heterocycles. The highest BCUT2D eigenvalue weighted by Crippen LogP contribution is 2.39. The molecule has 5 rings (SSSR count). The second kappa shape index (κ2) is 9.06. The van der Waals surface area contributed by atoms with Gasteiger partial charge in [-0.3, -0.25) is 14.8 Å². The maximum atomic E-state index is 12.2. The lowest BCUT2D eigenvalue weighted by atomic mass is 10.1. The molecule has 1 N–H and O–H groups in total. The number of pyridine rings is 1. The SMILES string of the molecule is Cc1cc(N2CCCC2)c2cc(Oc3c(Cl)cc(-n4nc(C#N)c(=O)[nH]c4=O)cc3Cl)ccc2n1. The first-order valence-corrected chi connectivity index (χ1v) is 11.6. The molecule has 1 saturated heterocycles. The van der Waals surface area contributed by atoms with Gasteiger partial charge < -0.3 is 9.64 Å². The summed E-state index contributed by atoms with van der Waals surface area (Å²) in [5, 5.41) is 14.0. The standard InChI is InChI=1S/C24H18Cl2N6O3/c1-13-8-21(31-6-2-3-7-31)16-11-15(4-5-19(16)28-13)35-22-17(25)9-14(10-18(22)26)32-24(34)29-23(33)20(12-27)30-32/h4-5,8-11H,2-3,6-7H2,1H3,(H,29,33,34). The second-order valence-corrected chi connectivity index (χ2v) is 8.94. The van der Waals surface area contributed by atoms with Gasteiger partial charge in [0.1, 0.15) is 11.8 Å². The number of aromatic amines is 1. The summed E-state index contributed by atoms with van der Waals surface area (Å²) < 4.78 is 6.89. The lowest BCUT2D eigenvalue weighted by Gasteiger charge is -2.21. The molecule has 0 amide bonds. The van der Waals surface area contributed by atoms with Gasteiger partial charge in [0.2, 0.25) is 5.69 Å². The third-order valence-corrected chi connectivity index (χ3v) is 6.28. The van der Waals surface area contributed by atoms with Crippen LogP contribution in [0.2, 0.25) is 10.0 Å². The fourth-order valence-corrected chi connectivity index (χ4v) is 4.68. The third kappa shape index (κ3) is 4.34. The lowest BCUT2D eigenvalue weighted by Crippen LogP contribution is -2.33. The Balaban J connectivity index is 1.54. The van der Waals surface area contributed by atoms with Crippen molar-refractivity contribution >= 4 is 39.8 Å². The van der Waals surface area contributed by atoms with Crippen LogP contribution in [0.1, 0.15) is 24.2 Å². The molecule has 0 saturated carbocycles. The minimum Gasteiger partial charge on any atom is -0.454 e. The van der Waals surface area contributed by atoms with Gasteiger partial charge in [0, 0.05) is 29.9 Å². The topological polar surface area (TPSA) is 117 Å². The minimum atomic E-state index is -0.875. The number of halogens is 2. The van der Waals surface area contributed by atoms with Gasteiger partial charge in [-0.1, -0.05) is 23.2 Å². The second-order valence-electron chi connectivity index (χ2n) is 8.13. The van der Waals surface area contributed by atoms with E-state index in [1.54, 1.807) is 12.1 Å². The zero-order chi connectivity index (χ0) is 24.7. The Morgan fingerprint density at radius 1 is 1.09 bits per heavy atom. The quantitative estimate of drug-likeness (QED) is 0.435. The predicted molar refractivity (Wildman–Crippen MR) is 133 cm³/mol. The summed E-state index contributed by atoms with van der Waals surface area (Å²) in [6.45, 7) is 3.97. The number of benzene rings is 2. The van der Waals surface area contributed by atoms with Crippen LogP contribution in [0.3, 0.4) is 0 Å². The average Bonchev–Trinajstić information content (AvgIpc) is 3.36. The van der Waals surface area contributed by atoms with E-state index in [1.807, 2.05) is 24.0 Å². The van der Waals surface area contributed by atoms with Crippen molar-refractivity contribution < 1.29 is 4.74 Å². The molecular formula is C24H18Cl2N6O3. The van der Waals surface area contributed by atoms with Gasteiger partial charge in [-0.2, -0.15) is 9.94 Å². The fourth-order valence-electron chi connectivity index (χ4n) is 4.13. The van der Waals surface area contributed by atoms with Gasteiger partial charge >= 0.3 is 5.69 Å². The molecule has 11 heteroatoms. The van der Waals surface area contributed by atoms with E-state index in [9.17, 15) is 9.59 Å². The number of aromatic nitrogens is 4. The van der Waals surface area contributed by atoms with Gasteiger partial charge in [-0.15, -0.1) is 5.10 Å². The molecule has 0 atom stereocenters. The Hall–Kier alpha value is -3.87. The molecule has 9 nitrogen and oxygen atoms in total. The van der Waals surface area contributed by atoms with E-state index in [1.165, 1.54) is 12.1 Å². The van der Waals surface area contributed by atoms with Crippen molar-refractivity contribution in [3.05, 3.63) is 78.7 Å². The number of aryl methyl sites for hydroxylation is 1. The summed E-state index contributed by atoms with van der Waals surface area (Å²) in [7, 11) is 0. The van der Waals surface area contributed by atoms with Gasteiger partial charge in [-0.25, -0.2) is 4.79 Å². The van der Waals surface area contributed by atoms with Crippen molar-refractivity contribution in [1.82, 2.24) is 19.7 Å². The highest BCUT2D eigenvalue weighted by Gasteiger charge is 2.18. The monoisotopic (exact) mass is 508 g/mol. The van der Waals surface area contributed by atoms with Crippen LogP contribution < -0.4 is 20.9 Å². The number of rotatable bonds is 4. The van der Waals surface area contributed by atoms with Crippen molar-refractivity contribution in [2.24, 2.45) is 0 Å². The first-order valence-electron chi connectivity index (χ1n) is 10.8. The van der Waals surface area contributed by atoms with E-state index in [2.05, 4.69) is 21.0 Å². The normalized spacial score (nSPS) is 13.3. The summed E-state index contributed by atoms with van der Waals surface area (Å²) in [4.78, 5) is 32.9. The average molecular weight is 509 g/mol. The van der Waals surface area contributed by atoms with Crippen LogP contribution in [-0.4, -0.2) is 32.8 Å². The Labute approximate surface area is 209 Å². The first kappa shape index (κ1) is 22.9. The van der Waals surface area contributed by atoms with Gasteiger partial charge in [0.05, 0.1) is 21.2 Å². The minimum absolute atomic E-state index is 0.118. The molecule has 35 heavy (non-hydrogen) atoms. The zero-order valence-corrected chi connectivity index (χ0v) is 20.0. The molecule has 0 radical (unpaired) electrons. The number of nitriles is 1. The largest absolute Gasteiger partial charge is 0.454 e. The van der Waals surface area contributed by atoms with Gasteiger partial charge in [-0.05, 0) is 56.2 Å². The fraction of sp³-hybridized carbons (Fsp3) is 0.208. The summed E-state index contributed by atoms with van der Waals surface area (Å²) in [6.07, 6.45) is 2.31. The molecule has 176 valence electrons. The van der Waals surface area contributed by atoms with Crippen molar-refractivity contribution in [2.75, 3.05) is 18.0 Å². The van der Waals surface area contributed by atoms with Crippen LogP contribution in [0.4, 0.5) is 5.69 Å². The van der Waals surface area contributed by atoms with Crippen molar-refractivity contribution in [1.29, 1.82) is 5.26 Å². The molecule has 4 aromatic rings. The molecular weight excluding hydrogens is 491 g/mol. The number of ether oxygens (including phenoxy) is 1. The number of H-pyrrole nitrogens is 1. The maximum Gasteiger partial charge on any atom is 0.349 e. The van der Waals surface area contributed by atoms with Crippen LogP contribution in [0.25, 0.3) is 16.6 Å². The Kier molecular flexibility index (Phi) is 5.93. The number of hydrogen-bond acceptors (Lipinski definition) is 7. The number of hydrogen-bond donors (Lipinski definition) is 1. The molecule has 1 aliphatic heterocycles. The van der Waals surface area contributed by atoms with Crippen molar-refractivity contribution in [2.45, 2.75) is 19.8 Å².